The molecule has 1 amide bonds. The van der Waals surface area contributed by atoms with E-state index < -0.39 is 0 Å². The quantitative estimate of drug-likeness (QED) is 0.798. The van der Waals surface area contributed by atoms with Crippen molar-refractivity contribution in [3.05, 3.63) is 0 Å². The minimum atomic E-state index is 0.146. The van der Waals surface area contributed by atoms with Crippen LogP contribution < -0.4 is 5.32 Å². The lowest BCUT2D eigenvalue weighted by molar-refractivity contribution is -0.134. The standard InChI is InChI=1S/C13H26N2O/c1-10(13(2,3)4)15(5)12(16)9-11-7-6-8-14-11/h10-11,14H,6-9H2,1-5H3. The maximum atomic E-state index is 12.1. The Bertz CT molecular complexity index is 239. The lowest BCUT2D eigenvalue weighted by Crippen LogP contribution is -2.44. The first-order chi connectivity index (χ1) is 7.32. The van der Waals surface area contributed by atoms with Gasteiger partial charge in [-0.2, -0.15) is 0 Å². The minimum Gasteiger partial charge on any atom is -0.342 e. The zero-order chi connectivity index (χ0) is 12.3. The molecule has 0 aromatic carbocycles. The number of carbonyl (C=O) groups is 1. The molecule has 0 aliphatic carbocycles. The summed E-state index contributed by atoms with van der Waals surface area (Å²) in [5.74, 6) is 0.266. The number of hydrogen-bond acceptors (Lipinski definition) is 2. The molecule has 0 bridgehead atoms. The Balaban J connectivity index is 2.46. The van der Waals surface area contributed by atoms with Gasteiger partial charge in [0, 0.05) is 25.6 Å². The third-order valence-electron chi connectivity index (χ3n) is 3.81. The second kappa shape index (κ2) is 5.17. The van der Waals surface area contributed by atoms with Crippen LogP contribution in [-0.4, -0.2) is 36.5 Å². The minimum absolute atomic E-state index is 0.146. The van der Waals surface area contributed by atoms with Crippen molar-refractivity contribution in [2.75, 3.05) is 13.6 Å². The van der Waals surface area contributed by atoms with Crippen molar-refractivity contribution in [1.29, 1.82) is 0 Å². The first kappa shape index (κ1) is 13.5. The van der Waals surface area contributed by atoms with Crippen molar-refractivity contribution < 1.29 is 4.79 Å². The molecule has 1 fully saturated rings. The van der Waals surface area contributed by atoms with Gasteiger partial charge in [0.25, 0.3) is 0 Å². The Hall–Kier alpha value is -0.570. The molecule has 1 saturated heterocycles. The first-order valence-corrected chi connectivity index (χ1v) is 6.31. The van der Waals surface area contributed by atoms with Crippen molar-refractivity contribution >= 4 is 5.91 Å². The van der Waals surface area contributed by atoms with Crippen LogP contribution in [0.5, 0.6) is 0 Å². The van der Waals surface area contributed by atoms with Gasteiger partial charge in [-0.15, -0.1) is 0 Å². The van der Waals surface area contributed by atoms with Gasteiger partial charge in [-0.1, -0.05) is 20.8 Å². The van der Waals surface area contributed by atoms with Gasteiger partial charge >= 0.3 is 0 Å². The van der Waals surface area contributed by atoms with E-state index in [4.69, 9.17) is 0 Å². The second-order valence-electron chi connectivity index (χ2n) is 6.04. The molecular formula is C13H26N2O. The fraction of sp³-hybridized carbons (Fsp3) is 0.923. The number of amides is 1. The first-order valence-electron chi connectivity index (χ1n) is 6.31. The second-order valence-corrected chi connectivity index (χ2v) is 6.04. The van der Waals surface area contributed by atoms with Gasteiger partial charge in [0.2, 0.25) is 5.91 Å². The maximum absolute atomic E-state index is 12.1. The van der Waals surface area contributed by atoms with Gasteiger partial charge in [0.1, 0.15) is 0 Å². The van der Waals surface area contributed by atoms with Crippen LogP contribution in [0, 0.1) is 5.41 Å². The van der Waals surface area contributed by atoms with E-state index in [-0.39, 0.29) is 17.4 Å². The van der Waals surface area contributed by atoms with Crippen molar-refractivity contribution in [1.82, 2.24) is 10.2 Å². The highest BCUT2D eigenvalue weighted by molar-refractivity contribution is 5.77. The van der Waals surface area contributed by atoms with Crippen LogP contribution in [0.4, 0.5) is 0 Å². The molecule has 1 N–H and O–H groups in total. The molecule has 3 nitrogen and oxygen atoms in total. The third-order valence-corrected chi connectivity index (χ3v) is 3.81. The lowest BCUT2D eigenvalue weighted by Gasteiger charge is -2.35. The largest absolute Gasteiger partial charge is 0.342 e. The number of nitrogens with zero attached hydrogens (tertiary/aromatic N) is 1. The zero-order valence-electron chi connectivity index (χ0n) is 11.3. The summed E-state index contributed by atoms with van der Waals surface area (Å²) < 4.78 is 0. The summed E-state index contributed by atoms with van der Waals surface area (Å²) in [6, 6.07) is 0.684. The Morgan fingerprint density at radius 1 is 1.50 bits per heavy atom. The van der Waals surface area contributed by atoms with Crippen LogP contribution in [-0.2, 0) is 4.79 Å². The van der Waals surface area contributed by atoms with Crippen LogP contribution in [0.25, 0.3) is 0 Å². The topological polar surface area (TPSA) is 32.3 Å². The van der Waals surface area contributed by atoms with Crippen molar-refractivity contribution in [2.45, 2.75) is 59.0 Å². The van der Waals surface area contributed by atoms with Gasteiger partial charge in [-0.05, 0) is 31.7 Å². The summed E-state index contributed by atoms with van der Waals surface area (Å²) in [7, 11) is 1.92. The van der Waals surface area contributed by atoms with Crippen LogP contribution in [0.3, 0.4) is 0 Å². The average molecular weight is 226 g/mol. The maximum Gasteiger partial charge on any atom is 0.224 e. The summed E-state index contributed by atoms with van der Waals surface area (Å²) in [6.07, 6.45) is 3.00. The monoisotopic (exact) mass is 226 g/mol. The van der Waals surface area contributed by atoms with E-state index in [0.717, 1.165) is 13.0 Å². The molecule has 1 aliphatic rings. The number of rotatable bonds is 3. The predicted octanol–water partition coefficient (Wildman–Crippen LogP) is 2.02. The molecule has 1 heterocycles. The lowest BCUT2D eigenvalue weighted by atomic mass is 9.87. The highest BCUT2D eigenvalue weighted by Gasteiger charge is 2.28. The molecule has 1 aliphatic heterocycles. The molecule has 0 aromatic rings. The zero-order valence-corrected chi connectivity index (χ0v) is 11.3. The Morgan fingerprint density at radius 2 is 2.12 bits per heavy atom. The molecule has 94 valence electrons. The van der Waals surface area contributed by atoms with E-state index in [9.17, 15) is 4.79 Å². The van der Waals surface area contributed by atoms with E-state index in [1.807, 2.05) is 11.9 Å². The fourth-order valence-electron chi connectivity index (χ4n) is 2.08. The van der Waals surface area contributed by atoms with E-state index in [1.165, 1.54) is 6.42 Å². The van der Waals surface area contributed by atoms with Gasteiger partial charge in [0.15, 0.2) is 0 Å². The average Bonchev–Trinajstić information content (AvgIpc) is 2.66. The van der Waals surface area contributed by atoms with Crippen LogP contribution in [0.2, 0.25) is 0 Å². The number of nitrogens with one attached hydrogen (secondary N) is 1. The number of hydrogen-bond donors (Lipinski definition) is 1. The molecule has 0 spiro atoms. The molecule has 1 rings (SSSR count). The van der Waals surface area contributed by atoms with E-state index in [2.05, 4.69) is 33.0 Å². The SMILES string of the molecule is CC(N(C)C(=O)CC1CCCN1)C(C)(C)C. The van der Waals surface area contributed by atoms with Crippen LogP contribution in [0.15, 0.2) is 0 Å². The van der Waals surface area contributed by atoms with E-state index >= 15 is 0 Å². The molecule has 0 radical (unpaired) electrons. The summed E-state index contributed by atoms with van der Waals surface area (Å²) in [5, 5.41) is 3.37. The molecule has 16 heavy (non-hydrogen) atoms. The van der Waals surface area contributed by atoms with Crippen molar-refractivity contribution in [3.63, 3.8) is 0 Å². The van der Waals surface area contributed by atoms with Crippen LogP contribution in [0.1, 0.15) is 47.0 Å². The summed E-state index contributed by atoms with van der Waals surface area (Å²) >= 11 is 0. The molecular weight excluding hydrogens is 200 g/mol. The van der Waals surface area contributed by atoms with E-state index in [1.54, 1.807) is 0 Å². The van der Waals surface area contributed by atoms with Crippen molar-refractivity contribution in [3.8, 4) is 0 Å². The van der Waals surface area contributed by atoms with Crippen LogP contribution >= 0.6 is 0 Å². The highest BCUT2D eigenvalue weighted by atomic mass is 16.2. The van der Waals surface area contributed by atoms with Gasteiger partial charge in [0.05, 0.1) is 0 Å². The third kappa shape index (κ3) is 3.48. The van der Waals surface area contributed by atoms with Crippen molar-refractivity contribution in [2.24, 2.45) is 5.41 Å². The predicted molar refractivity (Wildman–Crippen MR) is 67.3 cm³/mol. The summed E-state index contributed by atoms with van der Waals surface area (Å²) in [4.78, 5) is 14.0. The van der Waals surface area contributed by atoms with Gasteiger partial charge < -0.3 is 10.2 Å². The Kier molecular flexibility index (Phi) is 4.36. The van der Waals surface area contributed by atoms with Gasteiger partial charge in [-0.3, -0.25) is 4.79 Å². The molecule has 0 aromatic heterocycles. The summed E-state index contributed by atoms with van der Waals surface area (Å²) in [6.45, 7) is 9.72. The van der Waals surface area contributed by atoms with E-state index in [0.29, 0.717) is 12.5 Å². The summed E-state index contributed by atoms with van der Waals surface area (Å²) in [5.41, 5.74) is 0.146. The smallest absolute Gasteiger partial charge is 0.224 e. The Labute approximate surface area is 99.6 Å². The molecule has 0 saturated carbocycles. The molecule has 2 unspecified atom stereocenters. The highest BCUT2D eigenvalue weighted by Crippen LogP contribution is 2.24. The number of carbonyl (C=O) groups excluding carboxylic acids is 1. The molecule has 3 heteroatoms. The normalized spacial score (nSPS) is 23.2. The fourth-order valence-corrected chi connectivity index (χ4v) is 2.08. The Morgan fingerprint density at radius 3 is 2.56 bits per heavy atom. The van der Waals surface area contributed by atoms with Gasteiger partial charge in [-0.25, -0.2) is 0 Å². The molecule has 2 atom stereocenters.